The van der Waals surface area contributed by atoms with Crippen molar-refractivity contribution in [3.05, 3.63) is 0 Å². The summed E-state index contributed by atoms with van der Waals surface area (Å²) in [6.07, 6.45) is 0. The standard InChI is InChI=1S/C7H10O5S/c1-12-6(10)7(11)3-13-2-4(7)5(8)9/h4,11H,2-3H2,1H3,(H,8,9). The van der Waals surface area contributed by atoms with Crippen molar-refractivity contribution in [2.24, 2.45) is 5.92 Å². The van der Waals surface area contributed by atoms with Crippen LogP contribution >= 0.6 is 11.8 Å². The number of carboxylic acid groups (broad SMARTS) is 1. The highest BCUT2D eigenvalue weighted by Crippen LogP contribution is 2.34. The van der Waals surface area contributed by atoms with Crippen LogP contribution in [-0.2, 0) is 14.3 Å². The molecule has 2 unspecified atom stereocenters. The number of ether oxygens (including phenoxy) is 1. The zero-order chi connectivity index (χ0) is 10.1. The first-order valence-corrected chi connectivity index (χ1v) is 4.79. The Hall–Kier alpha value is -0.750. The maximum absolute atomic E-state index is 11.1. The van der Waals surface area contributed by atoms with Crippen LogP contribution in [0.3, 0.4) is 0 Å². The Morgan fingerprint density at radius 3 is 2.69 bits per heavy atom. The molecule has 0 spiro atoms. The number of aliphatic carboxylic acids is 1. The van der Waals surface area contributed by atoms with Gasteiger partial charge in [0, 0.05) is 11.5 Å². The maximum Gasteiger partial charge on any atom is 0.339 e. The normalized spacial score (nSPS) is 32.9. The molecule has 2 N–H and O–H groups in total. The molecule has 1 aliphatic rings. The van der Waals surface area contributed by atoms with Crippen LogP contribution in [0.15, 0.2) is 0 Å². The van der Waals surface area contributed by atoms with E-state index in [4.69, 9.17) is 5.11 Å². The van der Waals surface area contributed by atoms with E-state index in [0.29, 0.717) is 0 Å². The van der Waals surface area contributed by atoms with Gasteiger partial charge in [-0.3, -0.25) is 4.79 Å². The Kier molecular flexibility index (Phi) is 2.82. The van der Waals surface area contributed by atoms with Crippen LogP contribution in [0.1, 0.15) is 0 Å². The fraction of sp³-hybridized carbons (Fsp3) is 0.714. The van der Waals surface area contributed by atoms with Crippen LogP contribution in [0.2, 0.25) is 0 Å². The van der Waals surface area contributed by atoms with Gasteiger partial charge in [-0.15, -0.1) is 0 Å². The van der Waals surface area contributed by atoms with Crippen LogP contribution < -0.4 is 0 Å². The Morgan fingerprint density at radius 1 is 1.62 bits per heavy atom. The predicted molar refractivity (Wildman–Crippen MR) is 45.4 cm³/mol. The van der Waals surface area contributed by atoms with Crippen LogP contribution in [0.5, 0.6) is 0 Å². The summed E-state index contributed by atoms with van der Waals surface area (Å²) >= 11 is 1.23. The molecule has 1 aliphatic heterocycles. The van der Waals surface area contributed by atoms with E-state index in [1.54, 1.807) is 0 Å². The predicted octanol–water partition coefficient (Wildman–Crippen LogP) is -0.662. The van der Waals surface area contributed by atoms with Gasteiger partial charge in [-0.05, 0) is 0 Å². The highest BCUT2D eigenvalue weighted by Gasteiger charge is 2.52. The zero-order valence-electron chi connectivity index (χ0n) is 7.02. The molecule has 1 rings (SSSR count). The monoisotopic (exact) mass is 206 g/mol. The molecule has 0 aromatic rings. The summed E-state index contributed by atoms with van der Waals surface area (Å²) < 4.78 is 4.35. The van der Waals surface area contributed by atoms with E-state index in [-0.39, 0.29) is 11.5 Å². The van der Waals surface area contributed by atoms with Gasteiger partial charge in [0.25, 0.3) is 0 Å². The summed E-state index contributed by atoms with van der Waals surface area (Å²) in [6.45, 7) is 0. The van der Waals surface area contributed by atoms with E-state index >= 15 is 0 Å². The number of hydrogen-bond donors (Lipinski definition) is 2. The highest BCUT2D eigenvalue weighted by molar-refractivity contribution is 7.99. The molecule has 0 aromatic heterocycles. The average Bonchev–Trinajstić information content (AvgIpc) is 2.47. The molecule has 13 heavy (non-hydrogen) atoms. The van der Waals surface area contributed by atoms with E-state index in [9.17, 15) is 14.7 Å². The molecular formula is C7H10O5S. The first-order valence-electron chi connectivity index (χ1n) is 3.63. The van der Waals surface area contributed by atoms with Crippen molar-refractivity contribution < 1.29 is 24.5 Å². The lowest BCUT2D eigenvalue weighted by Crippen LogP contribution is -2.49. The molecule has 2 atom stereocenters. The number of esters is 1. The Balaban J connectivity index is 2.87. The largest absolute Gasteiger partial charge is 0.481 e. The molecule has 74 valence electrons. The average molecular weight is 206 g/mol. The van der Waals surface area contributed by atoms with Crippen molar-refractivity contribution in [3.8, 4) is 0 Å². The third kappa shape index (κ3) is 1.64. The fourth-order valence-electron chi connectivity index (χ4n) is 1.22. The van der Waals surface area contributed by atoms with Crippen LogP contribution in [0.4, 0.5) is 0 Å². The number of carboxylic acids is 1. The lowest BCUT2D eigenvalue weighted by Gasteiger charge is -2.22. The second-order valence-electron chi connectivity index (χ2n) is 2.82. The van der Waals surface area contributed by atoms with E-state index in [0.717, 1.165) is 7.11 Å². The van der Waals surface area contributed by atoms with Crippen molar-refractivity contribution in [3.63, 3.8) is 0 Å². The Morgan fingerprint density at radius 2 is 2.23 bits per heavy atom. The molecule has 0 amide bonds. The smallest absolute Gasteiger partial charge is 0.339 e. The fourth-order valence-corrected chi connectivity index (χ4v) is 2.63. The van der Waals surface area contributed by atoms with Crippen LogP contribution in [0, 0.1) is 5.92 Å². The van der Waals surface area contributed by atoms with Gasteiger partial charge in [-0.1, -0.05) is 0 Å². The summed E-state index contributed by atoms with van der Waals surface area (Å²) in [4.78, 5) is 21.8. The summed E-state index contributed by atoms with van der Waals surface area (Å²) in [5, 5.41) is 18.4. The van der Waals surface area contributed by atoms with Crippen LogP contribution in [0.25, 0.3) is 0 Å². The second kappa shape index (κ2) is 3.55. The van der Waals surface area contributed by atoms with E-state index in [1.165, 1.54) is 11.8 Å². The SMILES string of the molecule is COC(=O)C1(O)CSCC1C(=O)O. The van der Waals surface area contributed by atoms with Crippen molar-refractivity contribution in [2.75, 3.05) is 18.6 Å². The van der Waals surface area contributed by atoms with Crippen molar-refractivity contribution in [2.45, 2.75) is 5.60 Å². The summed E-state index contributed by atoms with van der Waals surface area (Å²) in [6, 6.07) is 0. The van der Waals surface area contributed by atoms with Gasteiger partial charge < -0.3 is 14.9 Å². The molecule has 0 bridgehead atoms. The van der Waals surface area contributed by atoms with E-state index in [2.05, 4.69) is 4.74 Å². The van der Waals surface area contributed by atoms with Gasteiger partial charge in [0.15, 0.2) is 5.60 Å². The summed E-state index contributed by atoms with van der Waals surface area (Å²) in [5.74, 6) is -2.79. The van der Waals surface area contributed by atoms with Crippen molar-refractivity contribution >= 4 is 23.7 Å². The van der Waals surface area contributed by atoms with Gasteiger partial charge in [-0.25, -0.2) is 4.79 Å². The molecule has 0 radical (unpaired) electrons. The first kappa shape index (κ1) is 10.3. The number of aliphatic hydroxyl groups is 1. The number of rotatable bonds is 2. The van der Waals surface area contributed by atoms with Crippen LogP contribution in [-0.4, -0.2) is 46.4 Å². The van der Waals surface area contributed by atoms with E-state index in [1.807, 2.05) is 0 Å². The molecule has 1 fully saturated rings. The Bertz CT molecular complexity index is 241. The zero-order valence-corrected chi connectivity index (χ0v) is 7.84. The molecule has 0 saturated carbocycles. The van der Waals surface area contributed by atoms with Gasteiger partial charge in [-0.2, -0.15) is 11.8 Å². The van der Waals surface area contributed by atoms with E-state index < -0.39 is 23.5 Å². The highest BCUT2D eigenvalue weighted by atomic mass is 32.2. The topological polar surface area (TPSA) is 83.8 Å². The van der Waals surface area contributed by atoms with Crippen molar-refractivity contribution in [1.29, 1.82) is 0 Å². The Labute approximate surface area is 79.1 Å². The molecule has 6 heteroatoms. The minimum absolute atomic E-state index is 0.0800. The molecular weight excluding hydrogens is 196 g/mol. The molecule has 5 nitrogen and oxygen atoms in total. The van der Waals surface area contributed by atoms with Crippen molar-refractivity contribution in [1.82, 2.24) is 0 Å². The lowest BCUT2D eigenvalue weighted by molar-refractivity contribution is -0.171. The minimum atomic E-state index is -1.86. The third-order valence-electron chi connectivity index (χ3n) is 2.02. The second-order valence-corrected chi connectivity index (χ2v) is 3.85. The van der Waals surface area contributed by atoms with Gasteiger partial charge >= 0.3 is 11.9 Å². The summed E-state index contributed by atoms with van der Waals surface area (Å²) in [5.41, 5.74) is -1.86. The molecule has 1 heterocycles. The number of carbonyl (C=O) groups is 2. The maximum atomic E-state index is 11.1. The number of hydrogen-bond acceptors (Lipinski definition) is 5. The third-order valence-corrected chi connectivity index (χ3v) is 3.23. The van der Waals surface area contributed by atoms with Gasteiger partial charge in [0.2, 0.25) is 0 Å². The number of thioether (sulfide) groups is 1. The molecule has 0 aliphatic carbocycles. The van der Waals surface area contributed by atoms with Gasteiger partial charge in [0.05, 0.1) is 7.11 Å². The van der Waals surface area contributed by atoms with Gasteiger partial charge in [0.1, 0.15) is 5.92 Å². The lowest BCUT2D eigenvalue weighted by atomic mass is 9.91. The minimum Gasteiger partial charge on any atom is -0.481 e. The first-order chi connectivity index (χ1) is 6.02. The number of methoxy groups -OCH3 is 1. The molecule has 1 saturated heterocycles. The molecule has 0 aromatic carbocycles. The summed E-state index contributed by atoms with van der Waals surface area (Å²) in [7, 11) is 1.13. The number of carbonyl (C=O) groups excluding carboxylic acids is 1. The quantitative estimate of drug-likeness (QED) is 0.583.